The molecule has 3 rings (SSSR count). The number of aromatic nitrogens is 4. The Balaban J connectivity index is 1.93. The summed E-state index contributed by atoms with van der Waals surface area (Å²) < 4.78 is 0. The van der Waals surface area contributed by atoms with Crippen LogP contribution >= 0.6 is 0 Å². The van der Waals surface area contributed by atoms with Crippen LogP contribution in [-0.2, 0) is 6.42 Å². The van der Waals surface area contributed by atoms with E-state index >= 15 is 0 Å². The standard InChI is InChI=1S/C14H18N6O/c1-7-6-16-12(17-7)8(2)18-13-10-4-5-15-14(21)11(10)19-9(3)20-13/h6,8H,4-5H2,1-3H3,(H,15,21)(H,16,17)(H,18,19,20). The molecule has 1 atom stereocenters. The molecular weight excluding hydrogens is 268 g/mol. The molecule has 110 valence electrons. The summed E-state index contributed by atoms with van der Waals surface area (Å²) in [7, 11) is 0. The van der Waals surface area contributed by atoms with Crippen LogP contribution in [0.15, 0.2) is 6.20 Å². The number of aryl methyl sites for hydroxylation is 2. The summed E-state index contributed by atoms with van der Waals surface area (Å²) in [5.41, 5.74) is 2.36. The van der Waals surface area contributed by atoms with Crippen LogP contribution < -0.4 is 10.6 Å². The zero-order chi connectivity index (χ0) is 15.0. The second-order valence-electron chi connectivity index (χ2n) is 5.27. The molecule has 0 spiro atoms. The predicted molar refractivity (Wildman–Crippen MR) is 78.2 cm³/mol. The number of nitrogens with zero attached hydrogens (tertiary/aromatic N) is 3. The Hall–Kier alpha value is -2.44. The van der Waals surface area contributed by atoms with Crippen molar-refractivity contribution >= 4 is 11.7 Å². The molecule has 0 saturated carbocycles. The molecule has 0 saturated heterocycles. The average Bonchev–Trinajstić information content (AvgIpc) is 2.87. The van der Waals surface area contributed by atoms with E-state index < -0.39 is 0 Å². The first-order valence-corrected chi connectivity index (χ1v) is 6.98. The number of hydrogen-bond donors (Lipinski definition) is 3. The van der Waals surface area contributed by atoms with Crippen LogP contribution in [0.25, 0.3) is 0 Å². The topological polar surface area (TPSA) is 95.6 Å². The molecule has 3 N–H and O–H groups in total. The van der Waals surface area contributed by atoms with Crippen molar-refractivity contribution in [1.29, 1.82) is 0 Å². The summed E-state index contributed by atoms with van der Waals surface area (Å²) in [6, 6.07) is -0.0258. The van der Waals surface area contributed by atoms with Crippen LogP contribution in [-0.4, -0.2) is 32.4 Å². The molecule has 1 unspecified atom stereocenters. The number of H-pyrrole nitrogens is 1. The normalized spacial score (nSPS) is 15.3. The van der Waals surface area contributed by atoms with Crippen LogP contribution in [0.1, 0.15) is 46.4 Å². The molecule has 7 nitrogen and oxygen atoms in total. The molecule has 2 aromatic heterocycles. The van der Waals surface area contributed by atoms with Gasteiger partial charge in [-0.1, -0.05) is 0 Å². The van der Waals surface area contributed by atoms with E-state index in [4.69, 9.17) is 0 Å². The number of carbonyl (C=O) groups excluding carboxylic acids is 1. The smallest absolute Gasteiger partial charge is 0.270 e. The number of nitrogens with one attached hydrogen (secondary N) is 3. The second kappa shape index (κ2) is 5.16. The molecule has 7 heteroatoms. The number of amides is 1. The van der Waals surface area contributed by atoms with Crippen molar-refractivity contribution in [2.45, 2.75) is 33.2 Å². The molecule has 0 aliphatic carbocycles. The summed E-state index contributed by atoms with van der Waals surface area (Å²) in [5, 5.41) is 6.14. The van der Waals surface area contributed by atoms with Gasteiger partial charge in [0.2, 0.25) is 0 Å². The highest BCUT2D eigenvalue weighted by Crippen LogP contribution is 2.23. The van der Waals surface area contributed by atoms with Crippen molar-refractivity contribution in [2.75, 3.05) is 11.9 Å². The van der Waals surface area contributed by atoms with Gasteiger partial charge in [0.15, 0.2) is 0 Å². The Morgan fingerprint density at radius 3 is 2.86 bits per heavy atom. The van der Waals surface area contributed by atoms with Crippen molar-refractivity contribution in [3.05, 3.63) is 34.8 Å². The van der Waals surface area contributed by atoms with Crippen molar-refractivity contribution < 1.29 is 4.79 Å². The van der Waals surface area contributed by atoms with E-state index in [1.807, 2.05) is 13.8 Å². The number of imidazole rings is 1. The largest absolute Gasteiger partial charge is 0.360 e. The molecular formula is C14H18N6O. The van der Waals surface area contributed by atoms with Crippen molar-refractivity contribution in [3.63, 3.8) is 0 Å². The van der Waals surface area contributed by atoms with E-state index in [1.54, 1.807) is 13.1 Å². The zero-order valence-electron chi connectivity index (χ0n) is 12.3. The minimum atomic E-state index is -0.133. The fourth-order valence-corrected chi connectivity index (χ4v) is 2.45. The summed E-state index contributed by atoms with van der Waals surface area (Å²) in [6.45, 7) is 6.37. The first kappa shape index (κ1) is 13.5. The van der Waals surface area contributed by atoms with Crippen LogP contribution in [0.3, 0.4) is 0 Å². The summed E-state index contributed by atoms with van der Waals surface area (Å²) in [4.78, 5) is 28.1. The maximum Gasteiger partial charge on any atom is 0.270 e. The van der Waals surface area contributed by atoms with E-state index in [0.29, 0.717) is 23.9 Å². The number of rotatable bonds is 3. The van der Waals surface area contributed by atoms with Gasteiger partial charge in [-0.15, -0.1) is 0 Å². The monoisotopic (exact) mass is 286 g/mol. The SMILES string of the molecule is Cc1nc(NC(C)c2ncc(C)[nH]2)c2c(n1)C(=O)NCC2. The predicted octanol–water partition coefficient (Wildman–Crippen LogP) is 1.28. The summed E-state index contributed by atoms with van der Waals surface area (Å²) >= 11 is 0. The number of aromatic amines is 1. The number of anilines is 1. The number of hydrogen-bond acceptors (Lipinski definition) is 5. The molecule has 1 aliphatic rings. The van der Waals surface area contributed by atoms with Crippen molar-refractivity contribution in [3.8, 4) is 0 Å². The highest BCUT2D eigenvalue weighted by atomic mass is 16.1. The first-order valence-electron chi connectivity index (χ1n) is 6.98. The lowest BCUT2D eigenvalue weighted by Crippen LogP contribution is -2.34. The van der Waals surface area contributed by atoms with Gasteiger partial charge in [-0.3, -0.25) is 4.79 Å². The fourth-order valence-electron chi connectivity index (χ4n) is 2.45. The van der Waals surface area contributed by atoms with Gasteiger partial charge in [-0.05, 0) is 27.2 Å². The van der Waals surface area contributed by atoms with E-state index in [9.17, 15) is 4.79 Å². The molecule has 0 aromatic carbocycles. The summed E-state index contributed by atoms with van der Waals surface area (Å²) in [5.74, 6) is 2.01. The van der Waals surface area contributed by atoms with Crippen LogP contribution in [0.2, 0.25) is 0 Å². The molecule has 1 aliphatic heterocycles. The lowest BCUT2D eigenvalue weighted by molar-refractivity contribution is 0.0940. The number of fused-ring (bicyclic) bond motifs is 1. The van der Waals surface area contributed by atoms with Gasteiger partial charge in [0, 0.05) is 24.0 Å². The molecule has 3 heterocycles. The van der Waals surface area contributed by atoms with Crippen LogP contribution in [0.4, 0.5) is 5.82 Å². The van der Waals surface area contributed by atoms with Crippen LogP contribution in [0.5, 0.6) is 0 Å². The molecule has 0 bridgehead atoms. The highest BCUT2D eigenvalue weighted by molar-refractivity contribution is 5.96. The third-order valence-corrected chi connectivity index (χ3v) is 3.48. The second-order valence-corrected chi connectivity index (χ2v) is 5.27. The number of carbonyl (C=O) groups is 1. The minimum Gasteiger partial charge on any atom is -0.360 e. The Morgan fingerprint density at radius 1 is 1.33 bits per heavy atom. The van der Waals surface area contributed by atoms with Gasteiger partial charge in [-0.2, -0.15) is 0 Å². The minimum absolute atomic E-state index is 0.0258. The third kappa shape index (κ3) is 2.58. The molecule has 1 amide bonds. The van der Waals surface area contributed by atoms with Gasteiger partial charge in [0.05, 0.1) is 6.04 Å². The summed E-state index contributed by atoms with van der Waals surface area (Å²) in [6.07, 6.45) is 2.52. The van der Waals surface area contributed by atoms with E-state index in [-0.39, 0.29) is 11.9 Å². The average molecular weight is 286 g/mol. The maximum atomic E-state index is 11.9. The Bertz CT molecular complexity index is 693. The van der Waals surface area contributed by atoms with E-state index in [1.165, 1.54) is 0 Å². The van der Waals surface area contributed by atoms with Gasteiger partial charge in [-0.25, -0.2) is 15.0 Å². The fraction of sp³-hybridized carbons (Fsp3) is 0.429. The molecule has 21 heavy (non-hydrogen) atoms. The third-order valence-electron chi connectivity index (χ3n) is 3.48. The molecule has 0 fully saturated rings. The highest BCUT2D eigenvalue weighted by Gasteiger charge is 2.24. The van der Waals surface area contributed by atoms with Crippen molar-refractivity contribution in [1.82, 2.24) is 25.3 Å². The van der Waals surface area contributed by atoms with E-state index in [2.05, 4.69) is 30.6 Å². The maximum absolute atomic E-state index is 11.9. The first-order chi connectivity index (χ1) is 10.0. The molecule has 0 radical (unpaired) electrons. The van der Waals surface area contributed by atoms with E-state index in [0.717, 1.165) is 23.5 Å². The Labute approximate surface area is 122 Å². The van der Waals surface area contributed by atoms with Crippen LogP contribution in [0, 0.1) is 13.8 Å². The Kier molecular flexibility index (Phi) is 3.32. The lowest BCUT2D eigenvalue weighted by Gasteiger charge is -2.21. The zero-order valence-corrected chi connectivity index (χ0v) is 12.3. The van der Waals surface area contributed by atoms with Gasteiger partial charge in [0.1, 0.15) is 23.2 Å². The van der Waals surface area contributed by atoms with Crippen molar-refractivity contribution in [2.24, 2.45) is 0 Å². The Morgan fingerprint density at radius 2 is 2.14 bits per heavy atom. The van der Waals surface area contributed by atoms with Gasteiger partial charge < -0.3 is 15.6 Å². The van der Waals surface area contributed by atoms with Gasteiger partial charge >= 0.3 is 0 Å². The lowest BCUT2D eigenvalue weighted by atomic mass is 10.1. The molecule has 2 aromatic rings. The quantitative estimate of drug-likeness (QED) is 0.790. The van der Waals surface area contributed by atoms with Gasteiger partial charge in [0.25, 0.3) is 5.91 Å².